The summed E-state index contributed by atoms with van der Waals surface area (Å²) in [6.45, 7) is 15.4. The number of rotatable bonds is 14. The Morgan fingerprint density at radius 3 is 2.36 bits per heavy atom. The molecule has 1 heterocycles. The molecule has 8 nitrogen and oxygen atoms in total. The van der Waals surface area contributed by atoms with Gasteiger partial charge in [0.25, 0.3) is 0 Å². The van der Waals surface area contributed by atoms with Gasteiger partial charge in [0, 0.05) is 33.1 Å². The van der Waals surface area contributed by atoms with Gasteiger partial charge in [-0.3, -0.25) is 0 Å². The minimum atomic E-state index is -0.832. The van der Waals surface area contributed by atoms with Crippen LogP contribution < -0.4 is 9.47 Å². The van der Waals surface area contributed by atoms with E-state index in [0.29, 0.717) is 37.7 Å². The maximum absolute atomic E-state index is 13.2. The van der Waals surface area contributed by atoms with E-state index in [1.165, 1.54) is 0 Å². The normalized spacial score (nSPS) is 21.2. The molecule has 1 saturated heterocycles. The summed E-state index contributed by atoms with van der Waals surface area (Å²) in [5.41, 5.74) is 0.537. The fraction of sp³-hybridized carbons (Fsp3) is 0.774. The Hall–Kier alpha value is -2.03. The van der Waals surface area contributed by atoms with Crippen LogP contribution in [0.25, 0.3) is 0 Å². The summed E-state index contributed by atoms with van der Waals surface area (Å²) < 4.78 is 28.5. The van der Waals surface area contributed by atoms with E-state index < -0.39 is 11.9 Å². The molecular formula is C31H53NO7. The zero-order valence-electron chi connectivity index (χ0n) is 25.9. The van der Waals surface area contributed by atoms with Crippen LogP contribution in [0, 0.1) is 23.7 Å². The minimum absolute atomic E-state index is 0.0291. The first-order valence-electron chi connectivity index (χ1n) is 14.3. The molecule has 1 aromatic carbocycles. The molecule has 1 aromatic rings. The largest absolute Gasteiger partial charge is 0.493 e. The molecule has 5 atom stereocenters. The standard InChI is InChI=1S/C31H53NO7/c1-20(2)23(16-22-12-13-26(36-10)28(17-22)37-15-11-14-35-9)18-25(32(8)30(34)39-31(5,6)7)27-19-24(21(3)4)29(33)38-27/h12-13,17,20-21,23-25,27,29,33H,11,14-16,18-19H2,1-10H3/t23-,24-,25-,27-,29?/m0/s1. The van der Waals surface area contributed by atoms with Crippen molar-refractivity contribution in [1.82, 2.24) is 4.90 Å². The molecule has 1 amide bonds. The van der Waals surface area contributed by atoms with E-state index in [1.54, 1.807) is 26.2 Å². The lowest BCUT2D eigenvalue weighted by Gasteiger charge is -2.37. The summed E-state index contributed by atoms with van der Waals surface area (Å²) >= 11 is 0. The van der Waals surface area contributed by atoms with E-state index in [-0.39, 0.29) is 36.0 Å². The Morgan fingerprint density at radius 1 is 1.13 bits per heavy atom. The third kappa shape index (κ3) is 10.1. The molecule has 1 N–H and O–H groups in total. The lowest BCUT2D eigenvalue weighted by atomic mass is 9.81. The van der Waals surface area contributed by atoms with Gasteiger partial charge in [0.1, 0.15) is 5.60 Å². The average Bonchev–Trinajstić information content (AvgIpc) is 3.24. The van der Waals surface area contributed by atoms with Gasteiger partial charge in [0.2, 0.25) is 0 Å². The Bertz CT molecular complexity index is 882. The number of methoxy groups -OCH3 is 2. The number of likely N-dealkylation sites (N-methyl/N-ethyl adjacent to an activating group) is 1. The van der Waals surface area contributed by atoms with E-state index >= 15 is 0 Å². The van der Waals surface area contributed by atoms with Crippen molar-refractivity contribution in [2.24, 2.45) is 23.7 Å². The van der Waals surface area contributed by atoms with E-state index in [2.05, 4.69) is 39.8 Å². The van der Waals surface area contributed by atoms with Gasteiger partial charge in [-0.1, -0.05) is 33.8 Å². The monoisotopic (exact) mass is 551 g/mol. The number of hydrogen-bond acceptors (Lipinski definition) is 7. The highest BCUT2D eigenvalue weighted by Gasteiger charge is 2.43. The summed E-state index contributed by atoms with van der Waals surface area (Å²) in [6.07, 6.45) is 1.52. The molecule has 2 rings (SSSR count). The van der Waals surface area contributed by atoms with Gasteiger partial charge in [-0.15, -0.1) is 0 Å². The van der Waals surface area contributed by atoms with Crippen LogP contribution in [0.15, 0.2) is 18.2 Å². The predicted molar refractivity (Wildman–Crippen MR) is 153 cm³/mol. The Morgan fingerprint density at radius 2 is 1.82 bits per heavy atom. The van der Waals surface area contributed by atoms with E-state index in [4.69, 9.17) is 23.7 Å². The maximum Gasteiger partial charge on any atom is 0.410 e. The number of nitrogens with zero attached hydrogens (tertiary/aromatic N) is 1. The number of carbonyl (C=O) groups excluding carboxylic acids is 1. The maximum atomic E-state index is 13.2. The lowest BCUT2D eigenvalue weighted by molar-refractivity contribution is -0.129. The lowest BCUT2D eigenvalue weighted by Crippen LogP contribution is -2.48. The number of aliphatic hydroxyl groups is 1. The van der Waals surface area contributed by atoms with Crippen molar-refractivity contribution in [1.29, 1.82) is 0 Å². The molecule has 0 aromatic heterocycles. The zero-order valence-corrected chi connectivity index (χ0v) is 25.9. The first-order chi connectivity index (χ1) is 18.3. The highest BCUT2D eigenvalue weighted by molar-refractivity contribution is 5.68. The second-order valence-corrected chi connectivity index (χ2v) is 12.5. The van der Waals surface area contributed by atoms with Crippen LogP contribution in [0.1, 0.15) is 73.3 Å². The van der Waals surface area contributed by atoms with Crippen LogP contribution in [0.2, 0.25) is 0 Å². The zero-order chi connectivity index (χ0) is 29.3. The Balaban J connectivity index is 2.29. The van der Waals surface area contributed by atoms with E-state index in [1.807, 2.05) is 26.8 Å². The Labute approximate surface area is 236 Å². The number of benzene rings is 1. The van der Waals surface area contributed by atoms with Crippen LogP contribution in [0.5, 0.6) is 11.5 Å². The first kappa shape index (κ1) is 33.2. The van der Waals surface area contributed by atoms with Crippen LogP contribution in [-0.4, -0.2) is 74.6 Å². The van der Waals surface area contributed by atoms with Crippen LogP contribution >= 0.6 is 0 Å². The van der Waals surface area contributed by atoms with Crippen molar-refractivity contribution >= 4 is 6.09 Å². The highest BCUT2D eigenvalue weighted by Crippen LogP contribution is 2.37. The fourth-order valence-corrected chi connectivity index (χ4v) is 5.15. The van der Waals surface area contributed by atoms with Gasteiger partial charge in [-0.25, -0.2) is 4.79 Å². The third-order valence-electron chi connectivity index (χ3n) is 7.61. The molecule has 0 aliphatic carbocycles. The SMILES string of the molecule is COCCCOc1cc(C[C@@H](C[C@@H]([C@@H]2C[C@@H](C(C)C)C(O)O2)N(C)C(=O)OC(C)(C)C)C(C)C)ccc1OC. The molecule has 0 saturated carbocycles. The van der Waals surface area contributed by atoms with Crippen LogP contribution in [0.3, 0.4) is 0 Å². The average molecular weight is 552 g/mol. The topological polar surface area (TPSA) is 86.7 Å². The summed E-state index contributed by atoms with van der Waals surface area (Å²) in [4.78, 5) is 14.9. The van der Waals surface area contributed by atoms with Gasteiger partial charge in [-0.2, -0.15) is 0 Å². The second-order valence-electron chi connectivity index (χ2n) is 12.5. The smallest absolute Gasteiger partial charge is 0.410 e. The minimum Gasteiger partial charge on any atom is -0.493 e. The number of hydrogen-bond donors (Lipinski definition) is 1. The van der Waals surface area contributed by atoms with Gasteiger partial charge in [0.15, 0.2) is 17.8 Å². The van der Waals surface area contributed by atoms with Crippen molar-refractivity contribution in [3.63, 3.8) is 0 Å². The van der Waals surface area contributed by atoms with Crippen molar-refractivity contribution < 1.29 is 33.6 Å². The van der Waals surface area contributed by atoms with Crippen LogP contribution in [0.4, 0.5) is 4.79 Å². The van der Waals surface area contributed by atoms with Gasteiger partial charge >= 0.3 is 6.09 Å². The number of carbonyl (C=O) groups is 1. The van der Waals surface area contributed by atoms with Crippen molar-refractivity contribution in [2.45, 2.75) is 98.2 Å². The van der Waals surface area contributed by atoms with Crippen LogP contribution in [-0.2, 0) is 20.6 Å². The van der Waals surface area contributed by atoms with Gasteiger partial charge in [0.05, 0.1) is 25.9 Å². The van der Waals surface area contributed by atoms with Crippen molar-refractivity contribution in [3.8, 4) is 11.5 Å². The summed E-state index contributed by atoms with van der Waals surface area (Å²) in [7, 11) is 5.11. The molecule has 0 radical (unpaired) electrons. The molecule has 1 fully saturated rings. The first-order valence-corrected chi connectivity index (χ1v) is 14.3. The van der Waals surface area contributed by atoms with E-state index in [0.717, 1.165) is 24.2 Å². The number of aliphatic hydroxyl groups excluding tert-OH is 1. The molecule has 1 aliphatic heterocycles. The third-order valence-corrected chi connectivity index (χ3v) is 7.61. The summed E-state index contributed by atoms with van der Waals surface area (Å²) in [5.74, 6) is 2.32. The summed E-state index contributed by atoms with van der Waals surface area (Å²) in [6, 6.07) is 5.84. The molecule has 224 valence electrons. The van der Waals surface area contributed by atoms with E-state index in [9.17, 15) is 9.90 Å². The fourth-order valence-electron chi connectivity index (χ4n) is 5.15. The summed E-state index contributed by atoms with van der Waals surface area (Å²) in [5, 5.41) is 10.7. The molecule has 39 heavy (non-hydrogen) atoms. The predicted octanol–water partition coefficient (Wildman–Crippen LogP) is 5.93. The van der Waals surface area contributed by atoms with Gasteiger partial charge in [-0.05, 0) is 75.5 Å². The highest BCUT2D eigenvalue weighted by atomic mass is 16.6. The molecule has 1 aliphatic rings. The molecule has 8 heteroatoms. The second kappa shape index (κ2) is 15.1. The molecule has 0 spiro atoms. The number of amides is 1. The molecular weight excluding hydrogens is 498 g/mol. The van der Waals surface area contributed by atoms with Crippen molar-refractivity contribution in [3.05, 3.63) is 23.8 Å². The molecule has 0 bridgehead atoms. The molecule has 1 unspecified atom stereocenters. The Kier molecular flexibility index (Phi) is 12.8. The van der Waals surface area contributed by atoms with Gasteiger partial charge < -0.3 is 33.7 Å². The van der Waals surface area contributed by atoms with Crippen molar-refractivity contribution in [2.75, 3.05) is 34.5 Å². The number of ether oxygens (including phenoxy) is 5. The quantitative estimate of drug-likeness (QED) is 0.287.